The highest BCUT2D eigenvalue weighted by Gasteiger charge is 2.28. The van der Waals surface area contributed by atoms with Crippen LogP contribution in [0.3, 0.4) is 0 Å². The number of hydrogen-bond acceptors (Lipinski definition) is 3. The molecule has 6 nitrogen and oxygen atoms in total. The molecule has 0 aliphatic carbocycles. The smallest absolute Gasteiger partial charge is 0.282 e. The Hall–Kier alpha value is -2.38. The van der Waals surface area contributed by atoms with Gasteiger partial charge in [0.2, 0.25) is 5.91 Å². The number of ether oxygens (including phenoxy) is 1. The van der Waals surface area contributed by atoms with Crippen molar-refractivity contribution in [1.29, 1.82) is 0 Å². The fraction of sp³-hybridized carbons (Fsp3) is 0.263. The van der Waals surface area contributed by atoms with Gasteiger partial charge in [-0.15, -0.1) is 0 Å². The summed E-state index contributed by atoms with van der Waals surface area (Å²) in [6.07, 6.45) is 0. The van der Waals surface area contributed by atoms with Crippen LogP contribution in [-0.2, 0) is 9.59 Å². The molecule has 1 heterocycles. The fourth-order valence-electron chi connectivity index (χ4n) is 2.77. The van der Waals surface area contributed by atoms with Gasteiger partial charge < -0.3 is 15.0 Å². The van der Waals surface area contributed by atoms with E-state index >= 15 is 0 Å². The third kappa shape index (κ3) is 4.62. The number of rotatable bonds is 6. The van der Waals surface area contributed by atoms with Crippen molar-refractivity contribution in [3.63, 3.8) is 0 Å². The first-order valence-electron chi connectivity index (χ1n) is 8.42. The molecule has 1 aliphatic heterocycles. The highest BCUT2D eigenvalue weighted by molar-refractivity contribution is 9.10. The molecule has 136 valence electrons. The molecule has 2 aromatic rings. The first-order chi connectivity index (χ1) is 12.5. The largest absolute Gasteiger partial charge is 0.488 e. The second-order valence-electron chi connectivity index (χ2n) is 6.23. The van der Waals surface area contributed by atoms with Crippen LogP contribution < -0.4 is 19.9 Å². The van der Waals surface area contributed by atoms with Crippen LogP contribution in [0.5, 0.6) is 5.75 Å². The van der Waals surface area contributed by atoms with Gasteiger partial charge in [-0.2, -0.15) is 0 Å². The zero-order valence-electron chi connectivity index (χ0n) is 14.5. The highest BCUT2D eigenvalue weighted by Crippen LogP contribution is 2.28. The summed E-state index contributed by atoms with van der Waals surface area (Å²) in [7, 11) is 1.94. The van der Waals surface area contributed by atoms with Crippen LogP contribution in [0.15, 0.2) is 53.0 Å². The molecule has 0 radical (unpaired) electrons. The Kier molecular flexibility index (Phi) is 5.90. The Bertz CT molecular complexity index is 795. The Morgan fingerprint density at radius 1 is 1.23 bits per heavy atom. The Balaban J connectivity index is 1.53. The highest BCUT2D eigenvalue weighted by atomic mass is 79.9. The van der Waals surface area contributed by atoms with E-state index in [0.717, 1.165) is 20.8 Å². The summed E-state index contributed by atoms with van der Waals surface area (Å²) in [6.45, 7) is 1.55. The van der Waals surface area contributed by atoms with E-state index < -0.39 is 0 Å². The SMILES string of the molecule is C[NH+](CCOc1ccc(Br)cc1)CC(=O)N1CC(=O)Nc2ccccc21. The second kappa shape index (κ2) is 8.33. The van der Waals surface area contributed by atoms with E-state index in [0.29, 0.717) is 25.4 Å². The summed E-state index contributed by atoms with van der Waals surface area (Å²) < 4.78 is 6.71. The third-order valence-electron chi connectivity index (χ3n) is 4.14. The van der Waals surface area contributed by atoms with Gasteiger partial charge in [0.05, 0.1) is 18.4 Å². The molecular weight excluding hydrogens is 398 g/mol. The summed E-state index contributed by atoms with van der Waals surface area (Å²) >= 11 is 3.39. The lowest BCUT2D eigenvalue weighted by atomic mass is 10.2. The molecule has 2 aromatic carbocycles. The standard InChI is InChI=1S/C19H20BrN3O3/c1-22(10-11-26-15-8-6-14(20)7-9-15)13-19(25)23-12-18(24)21-16-4-2-3-5-17(16)23/h2-9H,10-13H2,1H3,(H,21,24)/p+1. The molecule has 0 bridgehead atoms. The minimum Gasteiger partial charge on any atom is -0.488 e. The van der Waals surface area contributed by atoms with Crippen molar-refractivity contribution in [3.05, 3.63) is 53.0 Å². The molecule has 2 amide bonds. The summed E-state index contributed by atoms with van der Waals surface area (Å²) in [4.78, 5) is 27.1. The maximum atomic E-state index is 12.7. The van der Waals surface area contributed by atoms with Gasteiger partial charge in [-0.25, -0.2) is 0 Å². The van der Waals surface area contributed by atoms with Gasteiger partial charge in [0, 0.05) is 4.47 Å². The monoisotopic (exact) mass is 418 g/mol. The van der Waals surface area contributed by atoms with Crippen LogP contribution in [0.1, 0.15) is 0 Å². The number of amides is 2. The molecule has 7 heteroatoms. The van der Waals surface area contributed by atoms with Crippen LogP contribution in [0.2, 0.25) is 0 Å². The molecule has 0 saturated heterocycles. The van der Waals surface area contributed by atoms with E-state index in [1.807, 2.05) is 49.5 Å². The maximum absolute atomic E-state index is 12.7. The average molecular weight is 419 g/mol. The van der Waals surface area contributed by atoms with E-state index in [4.69, 9.17) is 4.74 Å². The molecule has 0 saturated carbocycles. The molecule has 0 aromatic heterocycles. The third-order valence-corrected chi connectivity index (χ3v) is 4.66. The van der Waals surface area contributed by atoms with Gasteiger partial charge in [0.15, 0.2) is 6.54 Å². The van der Waals surface area contributed by atoms with Crippen molar-refractivity contribution >= 4 is 39.1 Å². The second-order valence-corrected chi connectivity index (χ2v) is 7.15. The number of para-hydroxylation sites is 2. The maximum Gasteiger partial charge on any atom is 0.282 e. The summed E-state index contributed by atoms with van der Waals surface area (Å²) in [5, 5.41) is 2.79. The zero-order valence-corrected chi connectivity index (χ0v) is 16.1. The van der Waals surface area contributed by atoms with Gasteiger partial charge in [0.25, 0.3) is 5.91 Å². The Morgan fingerprint density at radius 2 is 1.96 bits per heavy atom. The van der Waals surface area contributed by atoms with Gasteiger partial charge in [-0.05, 0) is 36.4 Å². The number of quaternary nitrogens is 1. The van der Waals surface area contributed by atoms with Crippen molar-refractivity contribution in [3.8, 4) is 5.75 Å². The van der Waals surface area contributed by atoms with Gasteiger partial charge in [-0.3, -0.25) is 14.5 Å². The number of fused-ring (bicyclic) bond motifs is 1. The van der Waals surface area contributed by atoms with Crippen molar-refractivity contribution < 1.29 is 19.2 Å². The fourth-order valence-corrected chi connectivity index (χ4v) is 3.04. The van der Waals surface area contributed by atoms with E-state index in [-0.39, 0.29) is 18.4 Å². The van der Waals surface area contributed by atoms with E-state index in [9.17, 15) is 9.59 Å². The Morgan fingerprint density at radius 3 is 2.73 bits per heavy atom. The average Bonchev–Trinajstić information content (AvgIpc) is 2.62. The summed E-state index contributed by atoms with van der Waals surface area (Å²) in [5.41, 5.74) is 1.42. The lowest BCUT2D eigenvalue weighted by molar-refractivity contribution is -0.871. The van der Waals surface area contributed by atoms with Gasteiger partial charge in [-0.1, -0.05) is 28.1 Å². The number of anilines is 2. The number of likely N-dealkylation sites (N-methyl/N-ethyl adjacent to an activating group) is 1. The van der Waals surface area contributed by atoms with Gasteiger partial charge in [0.1, 0.15) is 25.4 Å². The first kappa shape index (κ1) is 18.4. The van der Waals surface area contributed by atoms with Crippen LogP contribution in [0, 0.1) is 0 Å². The normalized spacial score (nSPS) is 14.4. The molecule has 0 spiro atoms. The minimum absolute atomic E-state index is 0.0541. The topological polar surface area (TPSA) is 63.1 Å². The van der Waals surface area contributed by atoms with E-state index in [1.54, 1.807) is 11.0 Å². The van der Waals surface area contributed by atoms with Crippen LogP contribution in [-0.4, -0.2) is 45.1 Å². The summed E-state index contributed by atoms with van der Waals surface area (Å²) in [6, 6.07) is 15.0. The number of benzene rings is 2. The first-order valence-corrected chi connectivity index (χ1v) is 9.21. The Labute approximate surface area is 160 Å². The predicted octanol–water partition coefficient (Wildman–Crippen LogP) is 1.33. The quantitative estimate of drug-likeness (QED) is 0.743. The van der Waals surface area contributed by atoms with Crippen molar-refractivity contribution in [2.45, 2.75) is 0 Å². The molecule has 1 unspecified atom stereocenters. The molecule has 2 N–H and O–H groups in total. The van der Waals surface area contributed by atoms with Crippen LogP contribution in [0.4, 0.5) is 11.4 Å². The molecule has 0 fully saturated rings. The minimum atomic E-state index is -0.173. The van der Waals surface area contributed by atoms with Gasteiger partial charge >= 0.3 is 0 Å². The molecular formula is C19H21BrN3O3+. The van der Waals surface area contributed by atoms with Crippen molar-refractivity contribution in [2.75, 3.05) is 43.5 Å². The van der Waals surface area contributed by atoms with Crippen LogP contribution >= 0.6 is 15.9 Å². The number of hydrogen-bond donors (Lipinski definition) is 2. The number of halogens is 1. The molecule has 26 heavy (non-hydrogen) atoms. The number of carbonyl (C=O) groups excluding carboxylic acids is 2. The number of carbonyl (C=O) groups is 2. The van der Waals surface area contributed by atoms with Crippen molar-refractivity contribution in [2.24, 2.45) is 0 Å². The molecule has 3 rings (SSSR count). The lowest BCUT2D eigenvalue weighted by Crippen LogP contribution is -3.10. The van der Waals surface area contributed by atoms with E-state index in [2.05, 4.69) is 21.2 Å². The molecule has 1 aliphatic rings. The van der Waals surface area contributed by atoms with Crippen LogP contribution in [0.25, 0.3) is 0 Å². The zero-order chi connectivity index (χ0) is 18.5. The molecule has 1 atom stereocenters. The number of nitrogens with one attached hydrogen (secondary N) is 2. The van der Waals surface area contributed by atoms with Crippen molar-refractivity contribution in [1.82, 2.24) is 0 Å². The van der Waals surface area contributed by atoms with E-state index in [1.165, 1.54) is 0 Å². The lowest BCUT2D eigenvalue weighted by Gasteiger charge is -2.29. The summed E-state index contributed by atoms with van der Waals surface area (Å²) in [5.74, 6) is 0.552. The number of nitrogens with zero attached hydrogens (tertiary/aromatic N) is 1. The predicted molar refractivity (Wildman–Crippen MR) is 104 cm³/mol.